The predicted octanol–water partition coefficient (Wildman–Crippen LogP) is 1.76. The molecule has 0 saturated heterocycles. The molecule has 1 aliphatic carbocycles. The summed E-state index contributed by atoms with van der Waals surface area (Å²) in [7, 11) is 0. The Bertz CT molecular complexity index is 284. The molecule has 1 atom stereocenters. The normalized spacial score (nSPS) is 19.8. The molecule has 16 heavy (non-hydrogen) atoms. The number of nitrogens with one attached hydrogen (secondary N) is 1. The lowest BCUT2D eigenvalue weighted by Crippen LogP contribution is -2.48. The molecule has 5 nitrogen and oxygen atoms in total. The van der Waals surface area contributed by atoms with Gasteiger partial charge in [0.1, 0.15) is 11.6 Å². The number of alkyl carbamates (subject to hydrolysis) is 1. The van der Waals surface area contributed by atoms with Gasteiger partial charge in [-0.05, 0) is 32.1 Å². The molecular weight excluding hydrogens is 210 g/mol. The Hall–Kier alpha value is -1.26. The Labute approximate surface area is 95.2 Å². The van der Waals surface area contributed by atoms with E-state index in [1.165, 1.54) is 0 Å². The van der Waals surface area contributed by atoms with Crippen LogP contribution >= 0.6 is 0 Å². The number of hydrogen-bond acceptors (Lipinski definition) is 3. The van der Waals surface area contributed by atoms with Crippen molar-refractivity contribution in [3.63, 3.8) is 0 Å². The van der Waals surface area contributed by atoms with Crippen molar-refractivity contribution < 1.29 is 19.4 Å². The summed E-state index contributed by atoms with van der Waals surface area (Å²) >= 11 is 0. The molecule has 2 N–H and O–H groups in total. The summed E-state index contributed by atoms with van der Waals surface area (Å²) in [5.74, 6) is -1.20. The van der Waals surface area contributed by atoms with Crippen molar-refractivity contribution in [3.05, 3.63) is 0 Å². The van der Waals surface area contributed by atoms with Crippen molar-refractivity contribution in [1.29, 1.82) is 0 Å². The van der Waals surface area contributed by atoms with Gasteiger partial charge < -0.3 is 15.2 Å². The lowest BCUT2D eigenvalue weighted by atomic mass is 9.82. The van der Waals surface area contributed by atoms with Gasteiger partial charge in [-0.3, -0.25) is 0 Å². The number of carbonyl (C=O) groups is 2. The molecule has 0 aromatic rings. The van der Waals surface area contributed by atoms with Gasteiger partial charge in [-0.25, -0.2) is 9.59 Å². The highest BCUT2D eigenvalue weighted by atomic mass is 16.6. The highest BCUT2D eigenvalue weighted by Gasteiger charge is 2.36. The Morgan fingerprint density at radius 3 is 2.25 bits per heavy atom. The van der Waals surface area contributed by atoms with E-state index in [4.69, 9.17) is 9.84 Å². The van der Waals surface area contributed by atoms with E-state index in [0.29, 0.717) is 0 Å². The molecule has 0 unspecified atom stereocenters. The molecule has 0 aliphatic heterocycles. The molecule has 0 radical (unpaired) electrons. The fourth-order valence-corrected chi connectivity index (χ4v) is 1.67. The minimum absolute atomic E-state index is 0.167. The molecule has 1 rings (SSSR count). The largest absolute Gasteiger partial charge is 0.480 e. The van der Waals surface area contributed by atoms with Crippen molar-refractivity contribution in [1.82, 2.24) is 5.32 Å². The second-order valence-corrected chi connectivity index (χ2v) is 4.90. The third-order valence-corrected chi connectivity index (χ3v) is 2.96. The third-order valence-electron chi connectivity index (χ3n) is 2.96. The molecule has 0 bridgehead atoms. The molecule has 0 aromatic carbocycles. The summed E-state index contributed by atoms with van der Waals surface area (Å²) in [6.07, 6.45) is 2.11. The Morgan fingerprint density at radius 1 is 1.38 bits per heavy atom. The molecule has 5 heteroatoms. The fraction of sp³-hybridized carbons (Fsp3) is 0.818. The molecule has 0 aromatic heterocycles. The summed E-state index contributed by atoms with van der Waals surface area (Å²) in [6, 6.07) is -0.892. The first-order valence-corrected chi connectivity index (χ1v) is 5.56. The van der Waals surface area contributed by atoms with Crippen molar-refractivity contribution in [2.75, 3.05) is 0 Å². The Kier molecular flexibility index (Phi) is 3.78. The van der Waals surface area contributed by atoms with Crippen LogP contribution in [0.15, 0.2) is 0 Å². The predicted molar refractivity (Wildman–Crippen MR) is 58.1 cm³/mol. The summed E-state index contributed by atoms with van der Waals surface area (Å²) < 4.78 is 5.19. The van der Waals surface area contributed by atoms with Gasteiger partial charge in [0.2, 0.25) is 0 Å². The van der Waals surface area contributed by atoms with E-state index in [1.807, 2.05) is 6.92 Å². The highest BCUT2D eigenvalue weighted by Crippen LogP contribution is 2.34. The van der Waals surface area contributed by atoms with Crippen LogP contribution in [0.3, 0.4) is 0 Å². The van der Waals surface area contributed by atoms with Gasteiger partial charge in [0.25, 0.3) is 0 Å². The van der Waals surface area contributed by atoms with Gasteiger partial charge in [-0.2, -0.15) is 0 Å². The van der Waals surface area contributed by atoms with Crippen molar-refractivity contribution in [2.45, 2.75) is 51.7 Å². The van der Waals surface area contributed by atoms with E-state index < -0.39 is 23.7 Å². The van der Waals surface area contributed by atoms with Gasteiger partial charge >= 0.3 is 12.1 Å². The Balaban J connectivity index is 2.45. The SMILES string of the molecule is CC(C)[C@H](NC(=O)OC1(C)CCC1)C(=O)O. The summed E-state index contributed by atoms with van der Waals surface area (Å²) in [5.41, 5.74) is -0.399. The fourth-order valence-electron chi connectivity index (χ4n) is 1.67. The van der Waals surface area contributed by atoms with Crippen LogP contribution in [-0.2, 0) is 9.53 Å². The topological polar surface area (TPSA) is 75.6 Å². The van der Waals surface area contributed by atoms with E-state index >= 15 is 0 Å². The van der Waals surface area contributed by atoms with Gasteiger partial charge in [-0.15, -0.1) is 0 Å². The zero-order valence-electron chi connectivity index (χ0n) is 9.95. The molecule has 1 amide bonds. The van der Waals surface area contributed by atoms with Crippen LogP contribution in [0, 0.1) is 5.92 Å². The first-order chi connectivity index (χ1) is 7.34. The van der Waals surface area contributed by atoms with Gasteiger partial charge in [-0.1, -0.05) is 13.8 Å². The average molecular weight is 229 g/mol. The summed E-state index contributed by atoms with van der Waals surface area (Å²) in [6.45, 7) is 5.34. The smallest absolute Gasteiger partial charge is 0.408 e. The van der Waals surface area contributed by atoms with Gasteiger partial charge in [0, 0.05) is 0 Å². The molecule has 0 heterocycles. The van der Waals surface area contributed by atoms with Crippen LogP contribution in [0.1, 0.15) is 40.0 Å². The number of aliphatic carboxylic acids is 1. The minimum Gasteiger partial charge on any atom is -0.480 e. The van der Waals surface area contributed by atoms with E-state index in [1.54, 1.807) is 13.8 Å². The van der Waals surface area contributed by atoms with Crippen LogP contribution in [-0.4, -0.2) is 28.8 Å². The number of carboxylic acid groups (broad SMARTS) is 1. The van der Waals surface area contributed by atoms with Gasteiger partial charge in [0.05, 0.1) is 0 Å². The van der Waals surface area contributed by atoms with Crippen LogP contribution < -0.4 is 5.32 Å². The second-order valence-electron chi connectivity index (χ2n) is 4.90. The lowest BCUT2D eigenvalue weighted by Gasteiger charge is -2.37. The lowest BCUT2D eigenvalue weighted by molar-refractivity contribution is -0.140. The minimum atomic E-state index is -1.04. The molecule has 1 saturated carbocycles. The third kappa shape index (κ3) is 3.12. The van der Waals surface area contributed by atoms with Crippen LogP contribution in [0.2, 0.25) is 0 Å². The zero-order chi connectivity index (χ0) is 12.3. The standard InChI is InChI=1S/C11H19NO4/c1-7(2)8(9(13)14)12-10(15)16-11(3)5-4-6-11/h7-8H,4-6H2,1-3H3,(H,12,15)(H,13,14)/t8-/m0/s1. The first kappa shape index (κ1) is 12.8. The van der Waals surface area contributed by atoms with Crippen molar-refractivity contribution in [3.8, 4) is 0 Å². The molecule has 1 fully saturated rings. The van der Waals surface area contributed by atoms with E-state index in [-0.39, 0.29) is 5.92 Å². The zero-order valence-corrected chi connectivity index (χ0v) is 9.95. The number of ether oxygens (including phenoxy) is 1. The number of carboxylic acids is 1. The maximum atomic E-state index is 11.5. The van der Waals surface area contributed by atoms with Gasteiger partial charge in [0.15, 0.2) is 0 Å². The quantitative estimate of drug-likeness (QED) is 0.770. The van der Waals surface area contributed by atoms with Crippen molar-refractivity contribution in [2.24, 2.45) is 5.92 Å². The van der Waals surface area contributed by atoms with Crippen LogP contribution in [0.5, 0.6) is 0 Å². The number of carbonyl (C=O) groups excluding carboxylic acids is 1. The van der Waals surface area contributed by atoms with E-state index in [2.05, 4.69) is 5.32 Å². The molecular formula is C11H19NO4. The average Bonchev–Trinajstić information content (AvgIpc) is 2.10. The van der Waals surface area contributed by atoms with Crippen molar-refractivity contribution >= 4 is 12.1 Å². The monoisotopic (exact) mass is 229 g/mol. The second kappa shape index (κ2) is 4.72. The van der Waals surface area contributed by atoms with E-state index in [0.717, 1.165) is 19.3 Å². The number of rotatable bonds is 4. The Morgan fingerprint density at radius 2 is 1.94 bits per heavy atom. The molecule has 92 valence electrons. The summed E-state index contributed by atoms with van der Waals surface area (Å²) in [4.78, 5) is 22.3. The van der Waals surface area contributed by atoms with Crippen LogP contribution in [0.25, 0.3) is 0 Å². The summed E-state index contributed by atoms with van der Waals surface area (Å²) in [5, 5.41) is 11.3. The number of hydrogen-bond donors (Lipinski definition) is 2. The van der Waals surface area contributed by atoms with E-state index in [9.17, 15) is 9.59 Å². The van der Waals surface area contributed by atoms with Crippen LogP contribution in [0.4, 0.5) is 4.79 Å². The molecule has 0 spiro atoms. The molecule has 1 aliphatic rings. The number of amides is 1. The highest BCUT2D eigenvalue weighted by molar-refractivity contribution is 5.80. The maximum Gasteiger partial charge on any atom is 0.408 e. The maximum absolute atomic E-state index is 11.5. The first-order valence-electron chi connectivity index (χ1n) is 5.56.